The molecule has 2 saturated heterocycles. The van der Waals surface area contributed by atoms with Crippen LogP contribution < -0.4 is 4.90 Å². The van der Waals surface area contributed by atoms with Crippen LogP contribution in [0.3, 0.4) is 0 Å². The second kappa shape index (κ2) is 4.48. The minimum atomic E-state index is 0.614. The predicted molar refractivity (Wildman–Crippen MR) is 76.4 cm³/mol. The molecule has 4 heteroatoms. The molecule has 100 valence electrons. The quantitative estimate of drug-likeness (QED) is 0.731. The predicted octanol–water partition coefficient (Wildman–Crippen LogP) is 3.74. The summed E-state index contributed by atoms with van der Waals surface area (Å²) in [6.07, 6.45) is 12.6. The smallest absolute Gasteiger partial charge is 0.225 e. The minimum Gasteiger partial charge on any atom is -0.334 e. The topological polar surface area (TPSA) is 29.0 Å². The lowest BCUT2D eigenvalue weighted by Crippen LogP contribution is -2.42. The normalized spacial score (nSPS) is 29.6. The molecule has 0 aromatic carbocycles. The number of anilines is 1. The molecule has 3 nitrogen and oxygen atoms in total. The van der Waals surface area contributed by atoms with Crippen molar-refractivity contribution in [1.82, 2.24) is 9.97 Å². The first-order valence-electron chi connectivity index (χ1n) is 7.27. The largest absolute Gasteiger partial charge is 0.334 e. The Morgan fingerprint density at radius 2 is 1.63 bits per heavy atom. The fraction of sp³-hybridized carbons (Fsp3) is 0.600. The van der Waals surface area contributed by atoms with Crippen LogP contribution in [0.2, 0.25) is 5.02 Å². The molecule has 2 bridgehead atoms. The maximum atomic E-state index is 5.88. The average molecular weight is 276 g/mol. The van der Waals surface area contributed by atoms with Crippen LogP contribution in [0, 0.1) is 0 Å². The summed E-state index contributed by atoms with van der Waals surface area (Å²) >= 11 is 5.88. The van der Waals surface area contributed by atoms with Gasteiger partial charge in [-0.25, -0.2) is 9.97 Å². The Balaban J connectivity index is 1.61. The average Bonchev–Trinajstić information content (AvgIpc) is 2.61. The molecule has 3 heterocycles. The molecule has 0 radical (unpaired) electrons. The Kier molecular flexibility index (Phi) is 2.76. The van der Waals surface area contributed by atoms with Gasteiger partial charge >= 0.3 is 0 Å². The second-order valence-electron chi connectivity index (χ2n) is 5.96. The molecule has 1 saturated carbocycles. The van der Waals surface area contributed by atoms with E-state index in [9.17, 15) is 0 Å². The van der Waals surface area contributed by atoms with Crippen molar-refractivity contribution < 1.29 is 0 Å². The van der Waals surface area contributed by atoms with Gasteiger partial charge in [0.25, 0.3) is 0 Å². The van der Waals surface area contributed by atoms with E-state index in [4.69, 9.17) is 11.6 Å². The van der Waals surface area contributed by atoms with Crippen LogP contribution in [-0.2, 0) is 0 Å². The summed E-state index contributed by atoms with van der Waals surface area (Å²) in [6, 6.07) is 1.23. The molecule has 19 heavy (non-hydrogen) atoms. The van der Waals surface area contributed by atoms with Crippen molar-refractivity contribution in [2.75, 3.05) is 4.90 Å². The summed E-state index contributed by atoms with van der Waals surface area (Å²) in [5, 5.41) is 0.616. The van der Waals surface area contributed by atoms with Crippen LogP contribution in [0.5, 0.6) is 0 Å². The number of aromatic nitrogens is 2. The van der Waals surface area contributed by atoms with Crippen molar-refractivity contribution in [2.24, 2.45) is 0 Å². The lowest BCUT2D eigenvalue weighted by atomic mass is 9.82. The van der Waals surface area contributed by atoms with Gasteiger partial charge < -0.3 is 4.90 Å². The molecule has 2 atom stereocenters. The molecule has 0 N–H and O–H groups in total. The molecule has 3 aliphatic rings. The zero-order valence-corrected chi connectivity index (χ0v) is 11.7. The zero-order valence-electron chi connectivity index (χ0n) is 11.0. The van der Waals surface area contributed by atoms with Gasteiger partial charge in [0.1, 0.15) is 0 Å². The number of halogens is 1. The first-order chi connectivity index (χ1) is 9.31. The number of allylic oxidation sites excluding steroid dienone is 1. The van der Waals surface area contributed by atoms with Crippen LogP contribution in [0.15, 0.2) is 23.5 Å². The number of rotatable bonds is 1. The van der Waals surface area contributed by atoms with Gasteiger partial charge in [0.15, 0.2) is 0 Å². The van der Waals surface area contributed by atoms with Crippen LogP contribution in [-0.4, -0.2) is 22.1 Å². The number of piperidine rings is 1. The molecular formula is C15H18ClN3. The van der Waals surface area contributed by atoms with Gasteiger partial charge in [-0.15, -0.1) is 0 Å². The SMILES string of the molecule is Clc1cnc(N2C3CCC2CC(=C2CCC2)C3)nc1. The van der Waals surface area contributed by atoms with E-state index in [2.05, 4.69) is 14.9 Å². The molecule has 0 amide bonds. The molecule has 1 aromatic heterocycles. The summed E-state index contributed by atoms with van der Waals surface area (Å²) in [7, 11) is 0. The lowest BCUT2D eigenvalue weighted by molar-refractivity contribution is 0.514. The highest BCUT2D eigenvalue weighted by Crippen LogP contribution is 2.44. The molecule has 4 rings (SSSR count). The van der Waals surface area contributed by atoms with Gasteiger partial charge in [-0.2, -0.15) is 0 Å². The van der Waals surface area contributed by atoms with Gasteiger partial charge in [-0.05, 0) is 44.9 Å². The number of hydrogen-bond donors (Lipinski definition) is 0. The van der Waals surface area contributed by atoms with E-state index in [1.165, 1.54) is 44.9 Å². The third kappa shape index (κ3) is 1.95. The third-order valence-corrected chi connectivity index (χ3v) is 5.07. The van der Waals surface area contributed by atoms with Crippen molar-refractivity contribution in [1.29, 1.82) is 0 Å². The van der Waals surface area contributed by atoms with E-state index in [1.807, 2.05) is 0 Å². The molecule has 0 spiro atoms. The molecule has 1 aliphatic carbocycles. The van der Waals surface area contributed by atoms with Gasteiger partial charge in [-0.3, -0.25) is 0 Å². The Morgan fingerprint density at radius 1 is 1.00 bits per heavy atom. The third-order valence-electron chi connectivity index (χ3n) is 4.88. The van der Waals surface area contributed by atoms with Crippen molar-refractivity contribution >= 4 is 17.5 Å². The van der Waals surface area contributed by atoms with Crippen molar-refractivity contribution in [3.63, 3.8) is 0 Å². The van der Waals surface area contributed by atoms with E-state index >= 15 is 0 Å². The summed E-state index contributed by atoms with van der Waals surface area (Å²) in [6.45, 7) is 0. The highest BCUT2D eigenvalue weighted by Gasteiger charge is 2.40. The number of hydrogen-bond acceptors (Lipinski definition) is 3. The number of nitrogens with zero attached hydrogens (tertiary/aromatic N) is 3. The van der Waals surface area contributed by atoms with Crippen molar-refractivity contribution in [3.05, 3.63) is 28.6 Å². The molecule has 2 unspecified atom stereocenters. The molecule has 1 aromatic rings. The lowest BCUT2D eigenvalue weighted by Gasteiger charge is -2.38. The monoisotopic (exact) mass is 275 g/mol. The molecule has 3 fully saturated rings. The van der Waals surface area contributed by atoms with Gasteiger partial charge in [-0.1, -0.05) is 22.7 Å². The van der Waals surface area contributed by atoms with Gasteiger partial charge in [0.2, 0.25) is 5.95 Å². The first kappa shape index (κ1) is 11.7. The fourth-order valence-electron chi connectivity index (χ4n) is 3.78. The van der Waals surface area contributed by atoms with E-state index in [0.717, 1.165) is 5.95 Å². The van der Waals surface area contributed by atoms with Crippen molar-refractivity contribution in [3.8, 4) is 0 Å². The number of fused-ring (bicyclic) bond motifs is 2. The van der Waals surface area contributed by atoms with Crippen LogP contribution in [0.4, 0.5) is 5.95 Å². The summed E-state index contributed by atoms with van der Waals surface area (Å²) in [5.41, 5.74) is 3.51. The highest BCUT2D eigenvalue weighted by atomic mass is 35.5. The zero-order chi connectivity index (χ0) is 12.8. The first-order valence-corrected chi connectivity index (χ1v) is 7.65. The second-order valence-corrected chi connectivity index (χ2v) is 6.40. The maximum absolute atomic E-state index is 5.88. The maximum Gasteiger partial charge on any atom is 0.225 e. The van der Waals surface area contributed by atoms with Gasteiger partial charge in [0, 0.05) is 12.1 Å². The van der Waals surface area contributed by atoms with E-state index in [0.29, 0.717) is 17.1 Å². The Morgan fingerprint density at radius 3 is 2.16 bits per heavy atom. The van der Waals surface area contributed by atoms with Gasteiger partial charge in [0.05, 0.1) is 17.4 Å². The highest BCUT2D eigenvalue weighted by molar-refractivity contribution is 6.30. The minimum absolute atomic E-state index is 0.614. The summed E-state index contributed by atoms with van der Waals surface area (Å²) in [5.74, 6) is 0.870. The molecular weight excluding hydrogens is 258 g/mol. The van der Waals surface area contributed by atoms with E-state index in [1.54, 1.807) is 23.5 Å². The van der Waals surface area contributed by atoms with E-state index in [-0.39, 0.29) is 0 Å². The van der Waals surface area contributed by atoms with Crippen LogP contribution in [0.1, 0.15) is 44.9 Å². The van der Waals surface area contributed by atoms with Crippen molar-refractivity contribution in [2.45, 2.75) is 57.0 Å². The molecule has 2 aliphatic heterocycles. The van der Waals surface area contributed by atoms with E-state index < -0.39 is 0 Å². The summed E-state index contributed by atoms with van der Waals surface area (Å²) in [4.78, 5) is 11.3. The van der Waals surface area contributed by atoms with Crippen LogP contribution >= 0.6 is 11.6 Å². The standard InChI is InChI=1S/C15H18ClN3/c16-12-8-17-15(18-9-12)19-13-4-5-14(19)7-11(6-13)10-2-1-3-10/h8-9,13-14H,1-7H2. The fourth-order valence-corrected chi connectivity index (χ4v) is 3.87. The van der Waals surface area contributed by atoms with Crippen LogP contribution in [0.25, 0.3) is 0 Å². The Labute approximate surface area is 118 Å². The summed E-state index contributed by atoms with van der Waals surface area (Å²) < 4.78 is 0. The Hall–Kier alpha value is -1.09. The Bertz CT molecular complexity index is 501.